The lowest BCUT2D eigenvalue weighted by molar-refractivity contribution is -0.131. The molecule has 1 aromatic heterocycles. The molecule has 1 atom stereocenters. The van der Waals surface area contributed by atoms with Crippen molar-refractivity contribution in [1.29, 1.82) is 0 Å². The second-order valence-corrected chi connectivity index (χ2v) is 9.33. The van der Waals surface area contributed by atoms with Gasteiger partial charge in [-0.25, -0.2) is 0 Å². The molecule has 2 heterocycles. The van der Waals surface area contributed by atoms with Gasteiger partial charge in [0.15, 0.2) is 4.34 Å². The Hall–Kier alpha value is -1.86. The molecule has 0 saturated carbocycles. The van der Waals surface area contributed by atoms with Crippen LogP contribution >= 0.6 is 23.1 Å². The number of anilines is 1. The van der Waals surface area contributed by atoms with Crippen LogP contribution in [0.3, 0.4) is 0 Å². The summed E-state index contributed by atoms with van der Waals surface area (Å²) < 4.78 is 0.821. The first-order chi connectivity index (χ1) is 13.2. The lowest BCUT2D eigenvalue weighted by Crippen LogP contribution is -2.42. The molecule has 1 aromatic carbocycles. The Morgan fingerprint density at radius 2 is 2.11 bits per heavy atom. The number of thioether (sulfide) groups is 1. The van der Waals surface area contributed by atoms with Gasteiger partial charge in [-0.3, -0.25) is 4.79 Å². The van der Waals surface area contributed by atoms with Crippen LogP contribution in [0.2, 0.25) is 0 Å². The maximum atomic E-state index is 12.8. The highest BCUT2D eigenvalue weighted by atomic mass is 32.2. The van der Waals surface area contributed by atoms with Gasteiger partial charge in [0.25, 0.3) is 0 Å². The van der Waals surface area contributed by atoms with Crippen molar-refractivity contribution in [3.8, 4) is 0 Å². The largest absolute Gasteiger partial charge is 0.357 e. The molecule has 0 spiro atoms. The normalized spacial score (nSPS) is 16.1. The molecule has 7 heteroatoms. The molecular formula is C20H26N4OS2. The van der Waals surface area contributed by atoms with Gasteiger partial charge in [-0.05, 0) is 37.7 Å². The Morgan fingerprint density at radius 3 is 2.81 bits per heavy atom. The smallest absolute Gasteiger partial charge is 0.235 e. The van der Waals surface area contributed by atoms with Crippen molar-refractivity contribution >= 4 is 34.1 Å². The molecule has 0 radical (unpaired) electrons. The molecule has 1 N–H and O–H groups in total. The van der Waals surface area contributed by atoms with E-state index in [1.165, 1.54) is 28.7 Å². The number of hydrogen-bond donors (Lipinski definition) is 1. The van der Waals surface area contributed by atoms with E-state index in [4.69, 9.17) is 0 Å². The number of benzene rings is 1. The molecular weight excluding hydrogens is 376 g/mol. The number of amides is 1. The molecule has 144 valence electrons. The Bertz CT molecular complexity index is 741. The van der Waals surface area contributed by atoms with E-state index in [1.807, 2.05) is 11.8 Å². The van der Waals surface area contributed by atoms with Crippen LogP contribution in [0.5, 0.6) is 0 Å². The van der Waals surface area contributed by atoms with E-state index in [0.717, 1.165) is 41.8 Å². The van der Waals surface area contributed by atoms with Gasteiger partial charge in [-0.15, -0.1) is 16.8 Å². The summed E-state index contributed by atoms with van der Waals surface area (Å²) in [6, 6.07) is 10.6. The minimum Gasteiger partial charge on any atom is -0.357 e. The summed E-state index contributed by atoms with van der Waals surface area (Å²) in [5, 5.41) is 12.0. The second kappa shape index (κ2) is 9.90. The quantitative estimate of drug-likeness (QED) is 0.532. The number of nitrogens with one attached hydrogen (secondary N) is 1. The first-order valence-corrected chi connectivity index (χ1v) is 11.0. The molecule has 0 unspecified atom stereocenters. The van der Waals surface area contributed by atoms with Gasteiger partial charge >= 0.3 is 0 Å². The third-order valence-corrected chi connectivity index (χ3v) is 6.78. The van der Waals surface area contributed by atoms with Crippen LogP contribution < -0.4 is 5.32 Å². The molecule has 1 amide bonds. The highest BCUT2D eigenvalue weighted by Crippen LogP contribution is 2.30. The fraction of sp³-hybridized carbons (Fsp3) is 0.450. The maximum Gasteiger partial charge on any atom is 0.235 e. The standard InChI is InChI=1S/C20H26N4OS2/c1-3-11-21-19-22-23-20(27-19)26-15(2)18(25)24-12-9-17(10-13-24)14-16-7-5-4-6-8-16/h3-8,15,17H,1,9-14H2,2H3,(H,21,22)/t15-/m1/s1. The zero-order chi connectivity index (χ0) is 19.1. The highest BCUT2D eigenvalue weighted by Gasteiger charge is 2.27. The van der Waals surface area contributed by atoms with Gasteiger partial charge in [0, 0.05) is 19.6 Å². The lowest BCUT2D eigenvalue weighted by atomic mass is 9.90. The number of rotatable bonds is 8. The molecule has 2 aromatic rings. The molecule has 0 bridgehead atoms. The third-order valence-electron chi connectivity index (χ3n) is 4.72. The fourth-order valence-corrected chi connectivity index (χ4v) is 5.24. The summed E-state index contributed by atoms with van der Waals surface area (Å²) in [6.07, 6.45) is 5.04. The summed E-state index contributed by atoms with van der Waals surface area (Å²) in [4.78, 5) is 14.8. The van der Waals surface area contributed by atoms with Crippen LogP contribution in [-0.2, 0) is 11.2 Å². The topological polar surface area (TPSA) is 58.1 Å². The third kappa shape index (κ3) is 5.81. The zero-order valence-electron chi connectivity index (χ0n) is 15.6. The predicted molar refractivity (Wildman–Crippen MR) is 113 cm³/mol. The van der Waals surface area contributed by atoms with Gasteiger partial charge in [0.2, 0.25) is 11.0 Å². The molecule has 3 rings (SSSR count). The van der Waals surface area contributed by atoms with Gasteiger partial charge in [-0.1, -0.05) is 59.5 Å². The summed E-state index contributed by atoms with van der Waals surface area (Å²) in [5.41, 5.74) is 1.39. The Labute approximate surface area is 169 Å². The van der Waals surface area contributed by atoms with Gasteiger partial charge in [0.1, 0.15) is 0 Å². The highest BCUT2D eigenvalue weighted by molar-refractivity contribution is 8.02. The summed E-state index contributed by atoms with van der Waals surface area (Å²) in [7, 11) is 0. The predicted octanol–water partition coefficient (Wildman–Crippen LogP) is 4.10. The number of piperidine rings is 1. The van der Waals surface area contributed by atoms with Crippen LogP contribution in [0.25, 0.3) is 0 Å². The van der Waals surface area contributed by atoms with E-state index < -0.39 is 0 Å². The summed E-state index contributed by atoms with van der Waals surface area (Å²) >= 11 is 2.97. The van der Waals surface area contributed by atoms with Crippen LogP contribution in [0.4, 0.5) is 5.13 Å². The maximum absolute atomic E-state index is 12.8. The van der Waals surface area contributed by atoms with Gasteiger partial charge < -0.3 is 10.2 Å². The SMILES string of the molecule is C=CCNc1nnc(S[C@H](C)C(=O)N2CCC(Cc3ccccc3)CC2)s1. The average Bonchev–Trinajstić information content (AvgIpc) is 3.14. The van der Waals surface area contributed by atoms with Crippen molar-refractivity contribution in [3.63, 3.8) is 0 Å². The van der Waals surface area contributed by atoms with E-state index >= 15 is 0 Å². The molecule has 1 aliphatic rings. The van der Waals surface area contributed by atoms with E-state index in [2.05, 4.69) is 52.4 Å². The monoisotopic (exact) mass is 402 g/mol. The molecule has 27 heavy (non-hydrogen) atoms. The van der Waals surface area contributed by atoms with Crippen molar-refractivity contribution in [3.05, 3.63) is 48.6 Å². The molecule has 1 fully saturated rings. The summed E-state index contributed by atoms with van der Waals surface area (Å²) in [5.74, 6) is 0.870. The number of aromatic nitrogens is 2. The van der Waals surface area contributed by atoms with Gasteiger partial charge in [-0.2, -0.15) is 0 Å². The van der Waals surface area contributed by atoms with E-state index in [0.29, 0.717) is 12.5 Å². The van der Waals surface area contributed by atoms with Crippen LogP contribution in [0.1, 0.15) is 25.3 Å². The molecule has 1 aliphatic heterocycles. The molecule has 0 aliphatic carbocycles. The number of hydrogen-bond acceptors (Lipinski definition) is 6. The molecule has 5 nitrogen and oxygen atoms in total. The summed E-state index contributed by atoms with van der Waals surface area (Å²) in [6.45, 7) is 7.99. The van der Waals surface area contributed by atoms with Gasteiger partial charge in [0.05, 0.1) is 5.25 Å². The van der Waals surface area contributed by atoms with Crippen molar-refractivity contribution in [2.45, 2.75) is 35.8 Å². The van der Waals surface area contributed by atoms with E-state index in [9.17, 15) is 4.79 Å². The van der Waals surface area contributed by atoms with Crippen molar-refractivity contribution in [2.24, 2.45) is 5.92 Å². The van der Waals surface area contributed by atoms with Crippen molar-refractivity contribution < 1.29 is 4.79 Å². The fourth-order valence-electron chi connectivity index (χ4n) is 3.25. The Balaban J connectivity index is 1.45. The van der Waals surface area contributed by atoms with E-state index in [-0.39, 0.29) is 11.2 Å². The first-order valence-electron chi connectivity index (χ1n) is 9.33. The number of nitrogens with zero attached hydrogens (tertiary/aromatic N) is 3. The number of carbonyl (C=O) groups excluding carboxylic acids is 1. The van der Waals surface area contributed by atoms with Crippen LogP contribution in [0, 0.1) is 5.92 Å². The van der Waals surface area contributed by atoms with Crippen molar-refractivity contribution in [1.82, 2.24) is 15.1 Å². The zero-order valence-corrected chi connectivity index (χ0v) is 17.3. The lowest BCUT2D eigenvalue weighted by Gasteiger charge is -2.33. The minimum absolute atomic E-state index is 0.143. The van der Waals surface area contributed by atoms with Crippen molar-refractivity contribution in [2.75, 3.05) is 25.0 Å². The van der Waals surface area contributed by atoms with E-state index in [1.54, 1.807) is 6.08 Å². The average molecular weight is 403 g/mol. The first kappa shape index (κ1) is 19.9. The van der Waals surface area contributed by atoms with Crippen LogP contribution in [-0.4, -0.2) is 45.9 Å². The Morgan fingerprint density at radius 1 is 1.37 bits per heavy atom. The number of carbonyl (C=O) groups is 1. The second-order valence-electron chi connectivity index (χ2n) is 6.76. The minimum atomic E-state index is -0.143. The number of likely N-dealkylation sites (tertiary alicyclic amines) is 1. The Kier molecular flexibility index (Phi) is 7.29. The molecule has 1 saturated heterocycles. The van der Waals surface area contributed by atoms with Crippen LogP contribution in [0.15, 0.2) is 47.3 Å².